The molecule has 41 heavy (non-hydrogen) atoms. The number of carbonyl (C=O) groups is 2. The second kappa shape index (κ2) is 14.2. The molecule has 1 aliphatic carbocycles. The lowest BCUT2D eigenvalue weighted by atomic mass is 9.94. The summed E-state index contributed by atoms with van der Waals surface area (Å²) in [6.07, 6.45) is 6.47. The Balaban J connectivity index is 1.70. The predicted octanol–water partition coefficient (Wildman–Crippen LogP) is 4.55. The highest BCUT2D eigenvalue weighted by Gasteiger charge is 2.34. The molecular formula is C32H39N3O5S. The minimum Gasteiger partial charge on any atom is -0.497 e. The van der Waals surface area contributed by atoms with Crippen molar-refractivity contribution in [3.63, 3.8) is 0 Å². The highest BCUT2D eigenvalue weighted by Crippen LogP contribution is 2.25. The molecule has 2 amide bonds. The van der Waals surface area contributed by atoms with E-state index in [0.717, 1.165) is 53.8 Å². The van der Waals surface area contributed by atoms with Gasteiger partial charge in [-0.2, -0.15) is 0 Å². The van der Waals surface area contributed by atoms with Crippen LogP contribution in [0.3, 0.4) is 0 Å². The van der Waals surface area contributed by atoms with Gasteiger partial charge in [0.15, 0.2) is 0 Å². The van der Waals surface area contributed by atoms with E-state index in [1.807, 2.05) is 60.7 Å². The number of methoxy groups -OCH3 is 1. The minimum atomic E-state index is -3.84. The van der Waals surface area contributed by atoms with E-state index in [9.17, 15) is 18.0 Å². The van der Waals surface area contributed by atoms with Crippen molar-refractivity contribution in [1.82, 2.24) is 10.2 Å². The summed E-state index contributed by atoms with van der Waals surface area (Å²) in [4.78, 5) is 29.6. The van der Waals surface area contributed by atoms with Gasteiger partial charge in [0.25, 0.3) is 0 Å². The lowest BCUT2D eigenvalue weighted by molar-refractivity contribution is -0.140. The predicted molar refractivity (Wildman–Crippen MR) is 161 cm³/mol. The summed E-state index contributed by atoms with van der Waals surface area (Å²) in [5.41, 5.74) is 2.07. The molecule has 0 aromatic heterocycles. The molecule has 0 radical (unpaired) electrons. The molecule has 1 saturated carbocycles. The normalized spacial score (nSPS) is 14.6. The van der Waals surface area contributed by atoms with Crippen LogP contribution in [0.15, 0.2) is 84.9 Å². The molecule has 0 heterocycles. The highest BCUT2D eigenvalue weighted by atomic mass is 32.2. The third-order valence-electron chi connectivity index (χ3n) is 7.44. The first kappa shape index (κ1) is 30.1. The molecule has 1 unspecified atom stereocenters. The number of ether oxygens (including phenoxy) is 1. The fourth-order valence-corrected chi connectivity index (χ4v) is 6.10. The SMILES string of the molecule is COc1cccc(N(CC(=O)N(Cc2ccccc2)C(Cc2ccccc2)C(=O)NC2CCCCC2)S(C)(=O)=O)c1. The quantitative estimate of drug-likeness (QED) is 0.341. The number of benzene rings is 3. The van der Waals surface area contributed by atoms with E-state index in [0.29, 0.717) is 17.9 Å². The van der Waals surface area contributed by atoms with Crippen molar-refractivity contribution in [3.05, 3.63) is 96.1 Å². The van der Waals surface area contributed by atoms with Gasteiger partial charge in [0.1, 0.15) is 18.3 Å². The summed E-state index contributed by atoms with van der Waals surface area (Å²) < 4.78 is 32.2. The van der Waals surface area contributed by atoms with E-state index >= 15 is 0 Å². The first-order valence-electron chi connectivity index (χ1n) is 14.0. The molecule has 1 atom stereocenters. The molecule has 218 valence electrons. The maximum atomic E-state index is 14.2. The van der Waals surface area contributed by atoms with Gasteiger partial charge in [0.2, 0.25) is 21.8 Å². The van der Waals surface area contributed by atoms with Gasteiger partial charge in [-0.25, -0.2) is 8.42 Å². The number of amides is 2. The Kier molecular flexibility index (Phi) is 10.4. The topological polar surface area (TPSA) is 96.0 Å². The first-order valence-corrected chi connectivity index (χ1v) is 15.9. The minimum absolute atomic E-state index is 0.0625. The number of sulfonamides is 1. The maximum absolute atomic E-state index is 14.2. The zero-order chi connectivity index (χ0) is 29.2. The third kappa shape index (κ3) is 8.57. The average molecular weight is 578 g/mol. The van der Waals surface area contributed by atoms with Crippen LogP contribution < -0.4 is 14.4 Å². The summed E-state index contributed by atoms with van der Waals surface area (Å²) >= 11 is 0. The Labute approximate surface area is 243 Å². The van der Waals surface area contributed by atoms with Crippen LogP contribution in [0.1, 0.15) is 43.2 Å². The maximum Gasteiger partial charge on any atom is 0.244 e. The molecule has 3 aromatic rings. The van der Waals surface area contributed by atoms with Crippen LogP contribution in [0.4, 0.5) is 5.69 Å². The average Bonchev–Trinajstić information content (AvgIpc) is 2.98. The number of hydrogen-bond donors (Lipinski definition) is 1. The smallest absolute Gasteiger partial charge is 0.244 e. The van der Waals surface area contributed by atoms with Crippen LogP contribution in [-0.2, 0) is 32.6 Å². The third-order valence-corrected chi connectivity index (χ3v) is 8.58. The lowest BCUT2D eigenvalue weighted by Gasteiger charge is -2.35. The molecule has 9 heteroatoms. The lowest BCUT2D eigenvalue weighted by Crippen LogP contribution is -2.55. The Morgan fingerprint density at radius 1 is 0.902 bits per heavy atom. The summed E-state index contributed by atoms with van der Waals surface area (Å²) in [6, 6.07) is 24.8. The van der Waals surface area contributed by atoms with Crippen molar-refractivity contribution >= 4 is 27.5 Å². The van der Waals surface area contributed by atoms with Gasteiger partial charge in [-0.15, -0.1) is 0 Å². The highest BCUT2D eigenvalue weighted by molar-refractivity contribution is 7.92. The molecule has 3 aromatic carbocycles. The zero-order valence-corrected chi connectivity index (χ0v) is 24.6. The van der Waals surface area contributed by atoms with Gasteiger partial charge in [0.05, 0.1) is 19.1 Å². The zero-order valence-electron chi connectivity index (χ0n) is 23.7. The van der Waals surface area contributed by atoms with Crippen molar-refractivity contribution in [1.29, 1.82) is 0 Å². The summed E-state index contributed by atoms with van der Waals surface area (Å²) in [5.74, 6) is -0.224. The van der Waals surface area contributed by atoms with Crippen LogP contribution in [0.25, 0.3) is 0 Å². The second-order valence-electron chi connectivity index (χ2n) is 10.5. The number of hydrogen-bond acceptors (Lipinski definition) is 5. The first-order chi connectivity index (χ1) is 19.7. The van der Waals surface area contributed by atoms with E-state index < -0.39 is 28.5 Å². The van der Waals surface area contributed by atoms with Crippen molar-refractivity contribution in [2.24, 2.45) is 0 Å². The molecule has 1 N–H and O–H groups in total. The molecule has 0 aliphatic heterocycles. The van der Waals surface area contributed by atoms with Crippen LogP contribution in [0.5, 0.6) is 5.75 Å². The van der Waals surface area contributed by atoms with Gasteiger partial charge in [0, 0.05) is 25.1 Å². The van der Waals surface area contributed by atoms with Gasteiger partial charge in [-0.1, -0.05) is 86.0 Å². The Morgan fingerprint density at radius 2 is 1.54 bits per heavy atom. The fourth-order valence-electron chi connectivity index (χ4n) is 5.26. The van der Waals surface area contributed by atoms with Gasteiger partial charge >= 0.3 is 0 Å². The van der Waals surface area contributed by atoms with Crippen LogP contribution in [0.2, 0.25) is 0 Å². The molecule has 1 aliphatic rings. The number of nitrogens with zero attached hydrogens (tertiary/aromatic N) is 2. The number of rotatable bonds is 12. The molecule has 0 saturated heterocycles. The second-order valence-corrected chi connectivity index (χ2v) is 12.4. The van der Waals surface area contributed by atoms with Crippen molar-refractivity contribution in [2.45, 2.75) is 57.2 Å². The Bertz CT molecular complexity index is 1390. The van der Waals surface area contributed by atoms with Crippen LogP contribution >= 0.6 is 0 Å². The molecule has 0 bridgehead atoms. The van der Waals surface area contributed by atoms with Crippen molar-refractivity contribution in [2.75, 3.05) is 24.2 Å². The summed E-state index contributed by atoms with van der Waals surface area (Å²) in [5, 5.41) is 3.21. The monoisotopic (exact) mass is 577 g/mol. The van der Waals surface area contributed by atoms with Gasteiger partial charge in [-0.3, -0.25) is 13.9 Å². The van der Waals surface area contributed by atoms with E-state index in [-0.39, 0.29) is 18.5 Å². The molecule has 0 spiro atoms. The number of nitrogens with one attached hydrogen (secondary N) is 1. The number of anilines is 1. The molecular weight excluding hydrogens is 538 g/mol. The van der Waals surface area contributed by atoms with Crippen LogP contribution in [0, 0.1) is 0 Å². The van der Waals surface area contributed by atoms with E-state index in [4.69, 9.17) is 4.74 Å². The van der Waals surface area contributed by atoms with Crippen LogP contribution in [-0.4, -0.2) is 57.1 Å². The van der Waals surface area contributed by atoms with Crippen molar-refractivity contribution < 1.29 is 22.7 Å². The fraction of sp³-hybridized carbons (Fsp3) is 0.375. The molecule has 1 fully saturated rings. The molecule has 4 rings (SSSR count). The van der Waals surface area contributed by atoms with Gasteiger partial charge < -0.3 is 15.0 Å². The Morgan fingerprint density at radius 3 is 2.15 bits per heavy atom. The van der Waals surface area contributed by atoms with E-state index in [1.54, 1.807) is 24.3 Å². The number of carbonyl (C=O) groups excluding carboxylic acids is 2. The van der Waals surface area contributed by atoms with Gasteiger partial charge in [-0.05, 0) is 36.1 Å². The summed E-state index contributed by atoms with van der Waals surface area (Å²) in [7, 11) is -2.35. The summed E-state index contributed by atoms with van der Waals surface area (Å²) in [6.45, 7) is -0.300. The largest absolute Gasteiger partial charge is 0.497 e. The van der Waals surface area contributed by atoms with Crippen molar-refractivity contribution in [3.8, 4) is 5.75 Å². The standard InChI is InChI=1S/C32H39N3O5S/c1-40-29-20-12-19-28(22-29)35(41(2,38)39)24-31(36)34(23-26-15-8-4-9-16-26)30(21-25-13-6-3-7-14-25)32(37)33-27-17-10-5-11-18-27/h3-4,6-9,12-16,19-20,22,27,30H,5,10-11,17-18,21,23-24H2,1-2H3,(H,33,37). The molecule has 8 nitrogen and oxygen atoms in total. The van der Waals surface area contributed by atoms with E-state index in [2.05, 4.69) is 5.32 Å². The van der Waals surface area contributed by atoms with E-state index in [1.165, 1.54) is 12.0 Å². The Hall–Kier alpha value is -3.85.